The van der Waals surface area contributed by atoms with Crippen LogP contribution in [0.5, 0.6) is 0 Å². The van der Waals surface area contributed by atoms with E-state index in [9.17, 15) is 4.79 Å². The molecule has 0 unspecified atom stereocenters. The van der Waals surface area contributed by atoms with E-state index in [1.54, 1.807) is 22.7 Å². The van der Waals surface area contributed by atoms with Gasteiger partial charge in [0.1, 0.15) is 0 Å². The fourth-order valence-electron chi connectivity index (χ4n) is 1.64. The van der Waals surface area contributed by atoms with Crippen molar-refractivity contribution >= 4 is 11.6 Å². The van der Waals surface area contributed by atoms with Gasteiger partial charge in [-0.05, 0) is 18.2 Å². The zero-order valence-corrected chi connectivity index (χ0v) is 9.06. The van der Waals surface area contributed by atoms with E-state index in [4.69, 9.17) is 5.11 Å². The predicted molar refractivity (Wildman–Crippen MR) is 61.0 cm³/mol. The number of aromatic carboxylic acids is 1. The second kappa shape index (κ2) is 3.88. The normalized spacial score (nSPS) is 10.7. The van der Waals surface area contributed by atoms with Crippen LogP contribution in [0, 0.1) is 0 Å². The van der Waals surface area contributed by atoms with Crippen molar-refractivity contribution in [3.8, 4) is 11.4 Å². The highest BCUT2D eigenvalue weighted by Crippen LogP contribution is 2.17. The van der Waals surface area contributed by atoms with Gasteiger partial charge in [0.05, 0.1) is 18.0 Å². The van der Waals surface area contributed by atoms with E-state index < -0.39 is 5.97 Å². The lowest BCUT2D eigenvalue weighted by atomic mass is 10.2. The van der Waals surface area contributed by atoms with Crippen LogP contribution in [-0.2, 0) is 0 Å². The van der Waals surface area contributed by atoms with Crippen molar-refractivity contribution in [1.29, 1.82) is 0 Å². The van der Waals surface area contributed by atoms with Crippen molar-refractivity contribution in [2.75, 3.05) is 0 Å². The van der Waals surface area contributed by atoms with Gasteiger partial charge < -0.3 is 5.11 Å². The van der Waals surface area contributed by atoms with E-state index >= 15 is 0 Å². The van der Waals surface area contributed by atoms with Gasteiger partial charge in [-0.15, -0.1) is 10.2 Å². The number of carboxylic acid groups (broad SMARTS) is 1. The smallest absolute Gasteiger partial charge is 0.337 e. The first-order valence-corrected chi connectivity index (χ1v) is 5.11. The minimum absolute atomic E-state index is 0.172. The van der Waals surface area contributed by atoms with E-state index in [-0.39, 0.29) is 5.56 Å². The van der Waals surface area contributed by atoms with E-state index in [0.717, 1.165) is 5.56 Å². The first kappa shape index (κ1) is 10.3. The molecule has 3 aromatic rings. The van der Waals surface area contributed by atoms with Crippen LogP contribution in [0.15, 0.2) is 36.8 Å². The maximum atomic E-state index is 10.9. The van der Waals surface area contributed by atoms with Crippen LogP contribution in [-0.4, -0.2) is 35.9 Å². The molecule has 7 nitrogen and oxygen atoms in total. The largest absolute Gasteiger partial charge is 0.478 e. The van der Waals surface area contributed by atoms with Crippen LogP contribution in [0.1, 0.15) is 10.4 Å². The predicted octanol–water partition coefficient (Wildman–Crippen LogP) is 0.884. The molecular weight excluding hydrogens is 234 g/mol. The Hall–Kier alpha value is -2.83. The molecule has 0 fully saturated rings. The summed E-state index contributed by atoms with van der Waals surface area (Å²) in [6.07, 6.45) is 4.56. The second-order valence-electron chi connectivity index (χ2n) is 3.61. The van der Waals surface area contributed by atoms with E-state index in [2.05, 4.69) is 20.4 Å². The molecule has 3 heterocycles. The number of carbonyl (C=O) groups is 1. The molecule has 0 aliphatic carbocycles. The highest BCUT2D eigenvalue weighted by molar-refractivity contribution is 5.87. The van der Waals surface area contributed by atoms with E-state index in [1.165, 1.54) is 18.5 Å². The van der Waals surface area contributed by atoms with Gasteiger partial charge in [-0.25, -0.2) is 4.79 Å². The van der Waals surface area contributed by atoms with E-state index in [0.29, 0.717) is 11.5 Å². The summed E-state index contributed by atoms with van der Waals surface area (Å²) in [6, 6.07) is 4.83. The van der Waals surface area contributed by atoms with Crippen molar-refractivity contribution in [1.82, 2.24) is 24.8 Å². The molecule has 0 bridgehead atoms. The van der Waals surface area contributed by atoms with E-state index in [1.807, 2.05) is 0 Å². The molecular formula is C11H7N5O2. The van der Waals surface area contributed by atoms with Crippen molar-refractivity contribution in [3.63, 3.8) is 0 Å². The average molecular weight is 241 g/mol. The first-order chi connectivity index (χ1) is 8.75. The van der Waals surface area contributed by atoms with Gasteiger partial charge in [-0.2, -0.15) is 10.2 Å². The zero-order valence-electron chi connectivity index (χ0n) is 9.06. The molecule has 88 valence electrons. The maximum absolute atomic E-state index is 10.9. The molecule has 0 atom stereocenters. The molecule has 1 N–H and O–H groups in total. The fraction of sp³-hybridized carbons (Fsp3) is 0. The number of hydrogen-bond donors (Lipinski definition) is 1. The minimum atomic E-state index is -0.996. The average Bonchev–Trinajstić information content (AvgIpc) is 2.82. The number of fused-ring (bicyclic) bond motifs is 1. The summed E-state index contributed by atoms with van der Waals surface area (Å²) in [5, 5.41) is 24.4. The third-order valence-electron chi connectivity index (χ3n) is 2.49. The number of aromatic nitrogens is 5. The van der Waals surface area contributed by atoms with Gasteiger partial charge in [-0.1, -0.05) is 0 Å². The first-order valence-electron chi connectivity index (χ1n) is 5.11. The summed E-state index contributed by atoms with van der Waals surface area (Å²) < 4.78 is 1.61. The highest BCUT2D eigenvalue weighted by atomic mass is 16.4. The number of carboxylic acids is 1. The summed E-state index contributed by atoms with van der Waals surface area (Å²) >= 11 is 0. The zero-order chi connectivity index (χ0) is 12.5. The lowest BCUT2D eigenvalue weighted by molar-refractivity contribution is 0.0696. The lowest BCUT2D eigenvalue weighted by Crippen LogP contribution is -1.99. The Labute approximate surface area is 101 Å². The van der Waals surface area contributed by atoms with Gasteiger partial charge in [0.15, 0.2) is 11.5 Å². The quantitative estimate of drug-likeness (QED) is 0.716. The van der Waals surface area contributed by atoms with Crippen molar-refractivity contribution in [3.05, 3.63) is 42.4 Å². The topological polar surface area (TPSA) is 93.3 Å². The molecule has 0 radical (unpaired) electrons. The standard InChI is InChI=1S/C11H7N5O2/c17-11(18)8-1-2-9-14-15-10(16(9)6-8)7-3-4-12-13-5-7/h1-6H,(H,17,18). The molecule has 0 aliphatic rings. The highest BCUT2D eigenvalue weighted by Gasteiger charge is 2.10. The van der Waals surface area contributed by atoms with Crippen molar-refractivity contribution in [2.45, 2.75) is 0 Å². The Morgan fingerprint density at radius 2 is 2.06 bits per heavy atom. The lowest BCUT2D eigenvalue weighted by Gasteiger charge is -2.00. The fourth-order valence-corrected chi connectivity index (χ4v) is 1.64. The number of pyridine rings is 1. The Morgan fingerprint density at radius 3 is 2.78 bits per heavy atom. The maximum Gasteiger partial charge on any atom is 0.337 e. The molecule has 7 heteroatoms. The molecule has 3 rings (SSSR count). The van der Waals surface area contributed by atoms with Crippen LogP contribution in [0.4, 0.5) is 0 Å². The summed E-state index contributed by atoms with van der Waals surface area (Å²) in [5.41, 5.74) is 1.47. The Balaban J connectivity index is 2.24. The summed E-state index contributed by atoms with van der Waals surface area (Å²) in [5.74, 6) is -0.465. The van der Waals surface area contributed by atoms with Crippen LogP contribution in [0.2, 0.25) is 0 Å². The van der Waals surface area contributed by atoms with Gasteiger partial charge >= 0.3 is 5.97 Å². The van der Waals surface area contributed by atoms with Crippen LogP contribution in [0.3, 0.4) is 0 Å². The van der Waals surface area contributed by atoms with Gasteiger partial charge in [0.25, 0.3) is 0 Å². The third kappa shape index (κ3) is 1.58. The summed E-state index contributed by atoms with van der Waals surface area (Å²) in [4.78, 5) is 10.9. The molecule has 0 aliphatic heterocycles. The van der Waals surface area contributed by atoms with Gasteiger partial charge in [0, 0.05) is 11.8 Å². The molecule has 0 spiro atoms. The van der Waals surface area contributed by atoms with Crippen molar-refractivity contribution < 1.29 is 9.90 Å². The molecule has 3 aromatic heterocycles. The Morgan fingerprint density at radius 1 is 1.17 bits per heavy atom. The van der Waals surface area contributed by atoms with Crippen molar-refractivity contribution in [2.24, 2.45) is 0 Å². The van der Waals surface area contributed by atoms with Crippen LogP contribution in [0.25, 0.3) is 17.0 Å². The molecule has 0 saturated heterocycles. The van der Waals surface area contributed by atoms with Crippen LogP contribution >= 0.6 is 0 Å². The SMILES string of the molecule is O=C(O)c1ccc2nnc(-c3ccnnc3)n2c1. The summed E-state index contributed by atoms with van der Waals surface area (Å²) in [7, 11) is 0. The number of hydrogen-bond acceptors (Lipinski definition) is 5. The number of nitrogens with zero attached hydrogens (tertiary/aromatic N) is 5. The van der Waals surface area contributed by atoms with Crippen LogP contribution < -0.4 is 0 Å². The van der Waals surface area contributed by atoms with Gasteiger partial charge in [0.2, 0.25) is 0 Å². The second-order valence-corrected chi connectivity index (χ2v) is 3.61. The Bertz CT molecular complexity index is 723. The molecule has 0 saturated carbocycles. The summed E-state index contributed by atoms with van der Waals surface area (Å²) in [6.45, 7) is 0. The molecule has 18 heavy (non-hydrogen) atoms. The Kier molecular flexibility index (Phi) is 2.23. The molecule has 0 amide bonds. The van der Waals surface area contributed by atoms with Gasteiger partial charge in [-0.3, -0.25) is 4.40 Å². The number of rotatable bonds is 2. The monoisotopic (exact) mass is 241 g/mol. The molecule has 0 aromatic carbocycles. The third-order valence-corrected chi connectivity index (χ3v) is 2.49. The minimum Gasteiger partial charge on any atom is -0.478 e.